The van der Waals surface area contributed by atoms with Crippen molar-refractivity contribution in [2.75, 3.05) is 6.54 Å². The van der Waals surface area contributed by atoms with Gasteiger partial charge in [-0.2, -0.15) is 0 Å². The molecule has 2 N–H and O–H groups in total. The molecule has 0 fully saturated rings. The number of hydrogen-bond donors (Lipinski definition) is 2. The van der Waals surface area contributed by atoms with Gasteiger partial charge in [-0.1, -0.05) is 45.0 Å². The predicted molar refractivity (Wildman–Crippen MR) is 84.6 cm³/mol. The molecule has 1 aromatic rings. The SMILES string of the molecule is CC(C)(C)C(=O)NCC(=O)N1Cc2ccccc2CC1C(=O)O. The van der Waals surface area contributed by atoms with Gasteiger partial charge in [-0.25, -0.2) is 4.79 Å². The molecular weight excluding hydrogens is 296 g/mol. The smallest absolute Gasteiger partial charge is 0.326 e. The largest absolute Gasteiger partial charge is 0.480 e. The van der Waals surface area contributed by atoms with Crippen LogP contribution in [0.15, 0.2) is 24.3 Å². The number of carboxylic acids is 1. The Bertz CT molecular complexity index is 634. The van der Waals surface area contributed by atoms with Crippen LogP contribution in [-0.2, 0) is 27.3 Å². The molecular formula is C17H22N2O4. The third-order valence-corrected chi connectivity index (χ3v) is 3.94. The molecule has 0 bridgehead atoms. The van der Waals surface area contributed by atoms with Crippen molar-refractivity contribution in [1.29, 1.82) is 0 Å². The van der Waals surface area contributed by atoms with Crippen LogP contribution in [-0.4, -0.2) is 40.4 Å². The molecule has 6 nitrogen and oxygen atoms in total. The molecule has 1 aromatic carbocycles. The number of hydrogen-bond acceptors (Lipinski definition) is 3. The fourth-order valence-corrected chi connectivity index (χ4v) is 2.53. The van der Waals surface area contributed by atoms with E-state index in [0.717, 1.165) is 11.1 Å². The highest BCUT2D eigenvalue weighted by Crippen LogP contribution is 2.23. The Hall–Kier alpha value is -2.37. The molecule has 1 unspecified atom stereocenters. The van der Waals surface area contributed by atoms with E-state index in [0.29, 0.717) is 0 Å². The molecule has 0 saturated heterocycles. The molecule has 6 heteroatoms. The van der Waals surface area contributed by atoms with Crippen molar-refractivity contribution in [3.05, 3.63) is 35.4 Å². The first kappa shape index (κ1) is 17.0. The topological polar surface area (TPSA) is 86.7 Å². The van der Waals surface area contributed by atoms with Crippen molar-refractivity contribution in [1.82, 2.24) is 10.2 Å². The number of rotatable bonds is 3. The van der Waals surface area contributed by atoms with E-state index in [1.54, 1.807) is 20.8 Å². The molecule has 124 valence electrons. The highest BCUT2D eigenvalue weighted by Gasteiger charge is 2.34. The van der Waals surface area contributed by atoms with Crippen molar-refractivity contribution < 1.29 is 19.5 Å². The summed E-state index contributed by atoms with van der Waals surface area (Å²) >= 11 is 0. The Balaban J connectivity index is 2.12. The summed E-state index contributed by atoms with van der Waals surface area (Å²) in [6.07, 6.45) is 0.282. The maximum Gasteiger partial charge on any atom is 0.326 e. The van der Waals surface area contributed by atoms with Crippen molar-refractivity contribution in [2.45, 2.75) is 39.8 Å². The van der Waals surface area contributed by atoms with E-state index in [-0.39, 0.29) is 31.3 Å². The number of fused-ring (bicyclic) bond motifs is 1. The number of benzene rings is 1. The normalized spacial score (nSPS) is 17.3. The number of carbonyl (C=O) groups excluding carboxylic acids is 2. The van der Waals surface area contributed by atoms with Gasteiger partial charge in [0.25, 0.3) is 0 Å². The summed E-state index contributed by atoms with van der Waals surface area (Å²) in [5.74, 6) is -1.66. The molecule has 1 aliphatic heterocycles. The molecule has 2 amide bonds. The molecule has 2 rings (SSSR count). The van der Waals surface area contributed by atoms with Crippen molar-refractivity contribution in [2.24, 2.45) is 5.41 Å². The second kappa shape index (κ2) is 6.40. The van der Waals surface area contributed by atoms with Crippen LogP contribution >= 0.6 is 0 Å². The van der Waals surface area contributed by atoms with E-state index in [2.05, 4.69) is 5.32 Å². The minimum absolute atomic E-state index is 0.192. The Labute approximate surface area is 135 Å². The second-order valence-corrected chi connectivity index (χ2v) is 6.78. The van der Waals surface area contributed by atoms with Crippen molar-refractivity contribution >= 4 is 17.8 Å². The quantitative estimate of drug-likeness (QED) is 0.876. The lowest BCUT2D eigenvalue weighted by Gasteiger charge is -2.34. The lowest BCUT2D eigenvalue weighted by atomic mass is 9.93. The number of nitrogens with zero attached hydrogens (tertiary/aromatic N) is 1. The zero-order valence-corrected chi connectivity index (χ0v) is 13.6. The molecule has 0 aromatic heterocycles. The van der Waals surface area contributed by atoms with Gasteiger partial charge in [0.15, 0.2) is 0 Å². The van der Waals surface area contributed by atoms with Gasteiger partial charge in [0.05, 0.1) is 6.54 Å². The zero-order chi connectivity index (χ0) is 17.2. The first-order valence-corrected chi connectivity index (χ1v) is 7.57. The third kappa shape index (κ3) is 3.88. The van der Waals surface area contributed by atoms with E-state index >= 15 is 0 Å². The summed E-state index contributed by atoms with van der Waals surface area (Å²) in [7, 11) is 0. The Kier molecular flexibility index (Phi) is 4.73. The van der Waals surface area contributed by atoms with Crippen molar-refractivity contribution in [3.8, 4) is 0 Å². The number of amides is 2. The second-order valence-electron chi connectivity index (χ2n) is 6.78. The molecule has 1 atom stereocenters. The van der Waals surface area contributed by atoms with Crippen LogP contribution in [0.3, 0.4) is 0 Å². The van der Waals surface area contributed by atoms with E-state index in [1.165, 1.54) is 4.90 Å². The summed E-state index contributed by atoms with van der Waals surface area (Å²) in [6.45, 7) is 5.32. The van der Waals surface area contributed by atoms with E-state index in [9.17, 15) is 19.5 Å². The van der Waals surface area contributed by atoms with Crippen LogP contribution in [0.5, 0.6) is 0 Å². The van der Waals surface area contributed by atoms with Gasteiger partial charge < -0.3 is 15.3 Å². The summed E-state index contributed by atoms with van der Waals surface area (Å²) in [4.78, 5) is 37.1. The first-order chi connectivity index (χ1) is 10.7. The van der Waals surface area contributed by atoms with Gasteiger partial charge in [0.1, 0.15) is 6.04 Å². The fourth-order valence-electron chi connectivity index (χ4n) is 2.53. The van der Waals surface area contributed by atoms with Crippen molar-refractivity contribution in [3.63, 3.8) is 0 Å². The van der Waals surface area contributed by atoms with E-state index in [1.807, 2.05) is 24.3 Å². The zero-order valence-electron chi connectivity index (χ0n) is 13.6. The average Bonchev–Trinajstić information content (AvgIpc) is 2.49. The summed E-state index contributed by atoms with van der Waals surface area (Å²) in [5, 5.41) is 12.0. The van der Waals surface area contributed by atoms with Crippen LogP contribution in [0.1, 0.15) is 31.9 Å². The summed E-state index contributed by atoms with van der Waals surface area (Å²) in [5.41, 5.74) is 1.30. The molecule has 0 aliphatic carbocycles. The molecule has 1 heterocycles. The van der Waals surface area contributed by atoms with Crippen LogP contribution < -0.4 is 5.32 Å². The Morgan fingerprint density at radius 2 is 1.83 bits per heavy atom. The van der Waals surface area contributed by atoms with Crippen LogP contribution in [0.25, 0.3) is 0 Å². The lowest BCUT2D eigenvalue weighted by Crippen LogP contribution is -2.52. The maximum absolute atomic E-state index is 12.4. The van der Waals surface area contributed by atoms with Gasteiger partial charge in [0, 0.05) is 18.4 Å². The lowest BCUT2D eigenvalue weighted by molar-refractivity contribution is -0.151. The molecule has 0 radical (unpaired) electrons. The number of carbonyl (C=O) groups is 3. The number of aliphatic carboxylic acids is 1. The molecule has 1 aliphatic rings. The number of nitrogens with one attached hydrogen (secondary N) is 1. The Morgan fingerprint density at radius 1 is 1.22 bits per heavy atom. The van der Waals surface area contributed by atoms with Gasteiger partial charge in [0.2, 0.25) is 11.8 Å². The van der Waals surface area contributed by atoms with Gasteiger partial charge in [-0.15, -0.1) is 0 Å². The van der Waals surface area contributed by atoms with Gasteiger partial charge in [-0.3, -0.25) is 9.59 Å². The molecule has 23 heavy (non-hydrogen) atoms. The molecule has 0 saturated carbocycles. The summed E-state index contributed by atoms with van der Waals surface area (Å²) in [6, 6.07) is 6.60. The number of carboxylic acid groups (broad SMARTS) is 1. The van der Waals surface area contributed by atoms with Crippen LogP contribution in [0.2, 0.25) is 0 Å². The first-order valence-electron chi connectivity index (χ1n) is 7.57. The van der Waals surface area contributed by atoms with Crippen LogP contribution in [0, 0.1) is 5.41 Å². The van der Waals surface area contributed by atoms with E-state index in [4.69, 9.17) is 0 Å². The molecule has 0 spiro atoms. The van der Waals surface area contributed by atoms with E-state index < -0.39 is 17.4 Å². The average molecular weight is 318 g/mol. The predicted octanol–water partition coefficient (Wildman–Crippen LogP) is 1.19. The minimum Gasteiger partial charge on any atom is -0.480 e. The highest BCUT2D eigenvalue weighted by atomic mass is 16.4. The standard InChI is InChI=1S/C17H22N2O4/c1-17(2,3)16(23)18-9-14(20)19-10-12-7-5-4-6-11(12)8-13(19)15(21)22/h4-7,13H,8-10H2,1-3H3,(H,18,23)(H,21,22). The summed E-state index contributed by atoms with van der Waals surface area (Å²) < 4.78 is 0. The van der Waals surface area contributed by atoms with Crippen LogP contribution in [0.4, 0.5) is 0 Å². The third-order valence-electron chi connectivity index (χ3n) is 3.94. The highest BCUT2D eigenvalue weighted by molar-refractivity contribution is 5.89. The monoisotopic (exact) mass is 318 g/mol. The fraction of sp³-hybridized carbons (Fsp3) is 0.471. The minimum atomic E-state index is -1.03. The van der Waals surface area contributed by atoms with Gasteiger partial charge >= 0.3 is 5.97 Å². The maximum atomic E-state index is 12.4. The Morgan fingerprint density at radius 3 is 2.39 bits per heavy atom. The van der Waals surface area contributed by atoms with Gasteiger partial charge in [-0.05, 0) is 11.1 Å².